The predicted octanol–water partition coefficient (Wildman–Crippen LogP) is 2.08. The molecule has 1 N–H and O–H groups in total. The smallest absolute Gasteiger partial charge is 0.273 e. The van der Waals surface area contributed by atoms with Crippen LogP contribution >= 0.6 is 0 Å². The number of hydrogen-bond donors (Lipinski definition) is 1. The van der Waals surface area contributed by atoms with E-state index in [0.717, 1.165) is 18.6 Å². The Bertz CT molecular complexity index is 405. The minimum Gasteiger partial charge on any atom is -0.360 e. The molecule has 2 saturated carbocycles. The summed E-state index contributed by atoms with van der Waals surface area (Å²) in [5.74, 6) is 1.94. The summed E-state index contributed by atoms with van der Waals surface area (Å²) in [6.45, 7) is 2.05. The normalized spacial score (nSPS) is 21.8. The molecular formula is C12H16N2O2. The molecule has 16 heavy (non-hydrogen) atoms. The Morgan fingerprint density at radius 1 is 1.50 bits per heavy atom. The number of carbonyl (C=O) groups is 1. The zero-order valence-corrected chi connectivity index (χ0v) is 9.40. The molecule has 0 spiro atoms. The summed E-state index contributed by atoms with van der Waals surface area (Å²) in [6, 6.07) is 2.04. The summed E-state index contributed by atoms with van der Waals surface area (Å²) in [4.78, 5) is 11.8. The zero-order chi connectivity index (χ0) is 11.1. The molecule has 1 aromatic heterocycles. The average molecular weight is 220 g/mol. The highest BCUT2D eigenvalue weighted by atomic mass is 16.5. The lowest BCUT2D eigenvalue weighted by Gasteiger charge is -2.10. The van der Waals surface area contributed by atoms with Gasteiger partial charge in [0.2, 0.25) is 0 Å². The third-order valence-electron chi connectivity index (χ3n) is 3.43. The van der Waals surface area contributed by atoms with E-state index < -0.39 is 0 Å². The van der Waals surface area contributed by atoms with Gasteiger partial charge in [0.25, 0.3) is 5.91 Å². The molecule has 0 bridgehead atoms. The minimum atomic E-state index is -0.102. The van der Waals surface area contributed by atoms with Crippen molar-refractivity contribution in [1.82, 2.24) is 10.5 Å². The molecule has 86 valence electrons. The SMILES string of the molecule is CC(NC(=O)c1cc(C2CC2)on1)C1CC1. The van der Waals surface area contributed by atoms with E-state index in [4.69, 9.17) is 4.52 Å². The Kier molecular flexibility index (Phi) is 2.23. The van der Waals surface area contributed by atoms with E-state index in [1.54, 1.807) is 6.07 Å². The van der Waals surface area contributed by atoms with Gasteiger partial charge in [-0.25, -0.2) is 0 Å². The Morgan fingerprint density at radius 2 is 2.25 bits per heavy atom. The average Bonchev–Trinajstić information content (AvgIpc) is 3.16. The molecule has 1 atom stereocenters. The summed E-state index contributed by atoms with van der Waals surface area (Å²) >= 11 is 0. The van der Waals surface area contributed by atoms with E-state index in [9.17, 15) is 4.79 Å². The molecular weight excluding hydrogens is 204 g/mol. The lowest BCUT2D eigenvalue weighted by Crippen LogP contribution is -2.34. The predicted molar refractivity (Wildman–Crippen MR) is 58.1 cm³/mol. The molecule has 1 aromatic rings. The maximum atomic E-state index is 11.8. The van der Waals surface area contributed by atoms with E-state index in [1.165, 1.54) is 12.8 Å². The number of amides is 1. The van der Waals surface area contributed by atoms with Crippen LogP contribution in [0.2, 0.25) is 0 Å². The summed E-state index contributed by atoms with van der Waals surface area (Å²) in [5, 5.41) is 6.79. The quantitative estimate of drug-likeness (QED) is 0.845. The molecule has 1 heterocycles. The standard InChI is InChI=1S/C12H16N2O2/c1-7(8-2-3-8)13-12(15)10-6-11(16-14-10)9-4-5-9/h6-9H,2-5H2,1H3,(H,13,15). The van der Waals surface area contributed by atoms with Crippen LogP contribution in [0, 0.1) is 5.92 Å². The maximum absolute atomic E-state index is 11.8. The molecule has 2 aliphatic rings. The topological polar surface area (TPSA) is 55.1 Å². The van der Waals surface area contributed by atoms with Gasteiger partial charge in [0.1, 0.15) is 5.76 Å². The Hall–Kier alpha value is -1.32. The number of rotatable bonds is 4. The third kappa shape index (κ3) is 1.96. The van der Waals surface area contributed by atoms with Gasteiger partial charge in [-0.05, 0) is 38.5 Å². The van der Waals surface area contributed by atoms with Gasteiger partial charge in [0.15, 0.2) is 5.69 Å². The first-order chi connectivity index (χ1) is 7.74. The fraction of sp³-hybridized carbons (Fsp3) is 0.667. The Labute approximate surface area is 94.4 Å². The monoisotopic (exact) mass is 220 g/mol. The van der Waals surface area contributed by atoms with Crippen LogP contribution < -0.4 is 5.32 Å². The molecule has 3 rings (SSSR count). The maximum Gasteiger partial charge on any atom is 0.273 e. The number of aromatic nitrogens is 1. The first-order valence-electron chi connectivity index (χ1n) is 6.01. The number of nitrogens with one attached hydrogen (secondary N) is 1. The van der Waals surface area contributed by atoms with E-state index >= 15 is 0 Å². The van der Waals surface area contributed by atoms with Crippen molar-refractivity contribution >= 4 is 5.91 Å². The first kappa shape index (κ1) is 9.87. The number of nitrogens with zero attached hydrogens (tertiary/aromatic N) is 1. The van der Waals surface area contributed by atoms with Crippen LogP contribution in [0.25, 0.3) is 0 Å². The third-order valence-corrected chi connectivity index (χ3v) is 3.43. The lowest BCUT2D eigenvalue weighted by atomic mass is 10.2. The van der Waals surface area contributed by atoms with E-state index in [-0.39, 0.29) is 11.9 Å². The van der Waals surface area contributed by atoms with Crippen LogP contribution in [0.4, 0.5) is 0 Å². The van der Waals surface area contributed by atoms with Crippen LogP contribution in [0.3, 0.4) is 0 Å². The second-order valence-corrected chi connectivity index (χ2v) is 4.99. The summed E-state index contributed by atoms with van der Waals surface area (Å²) < 4.78 is 5.16. The highest BCUT2D eigenvalue weighted by molar-refractivity contribution is 5.92. The Balaban J connectivity index is 1.63. The van der Waals surface area contributed by atoms with Crippen molar-refractivity contribution in [3.05, 3.63) is 17.5 Å². The fourth-order valence-corrected chi connectivity index (χ4v) is 1.95. The lowest BCUT2D eigenvalue weighted by molar-refractivity contribution is 0.0926. The van der Waals surface area contributed by atoms with Crippen LogP contribution in [0.5, 0.6) is 0 Å². The fourth-order valence-electron chi connectivity index (χ4n) is 1.95. The van der Waals surface area contributed by atoms with E-state index in [0.29, 0.717) is 17.5 Å². The van der Waals surface area contributed by atoms with E-state index in [1.807, 2.05) is 0 Å². The molecule has 0 radical (unpaired) electrons. The van der Waals surface area contributed by atoms with Crippen molar-refractivity contribution in [3.8, 4) is 0 Å². The summed E-state index contributed by atoms with van der Waals surface area (Å²) in [6.07, 6.45) is 4.78. The van der Waals surface area contributed by atoms with Gasteiger partial charge in [-0.1, -0.05) is 5.16 Å². The van der Waals surface area contributed by atoms with Crippen LogP contribution in [0.1, 0.15) is 54.8 Å². The Morgan fingerprint density at radius 3 is 2.88 bits per heavy atom. The van der Waals surface area contributed by atoms with Crippen LogP contribution in [0.15, 0.2) is 10.6 Å². The first-order valence-corrected chi connectivity index (χ1v) is 6.01. The number of hydrogen-bond acceptors (Lipinski definition) is 3. The molecule has 4 nitrogen and oxygen atoms in total. The van der Waals surface area contributed by atoms with Crippen molar-refractivity contribution in [2.24, 2.45) is 5.92 Å². The van der Waals surface area contributed by atoms with Gasteiger partial charge in [0, 0.05) is 18.0 Å². The van der Waals surface area contributed by atoms with Gasteiger partial charge in [-0.15, -0.1) is 0 Å². The van der Waals surface area contributed by atoms with Crippen molar-refractivity contribution in [2.45, 2.75) is 44.6 Å². The molecule has 0 saturated heterocycles. The van der Waals surface area contributed by atoms with Crippen LogP contribution in [-0.2, 0) is 0 Å². The summed E-state index contributed by atoms with van der Waals surface area (Å²) in [5.41, 5.74) is 0.425. The zero-order valence-electron chi connectivity index (χ0n) is 9.40. The summed E-state index contributed by atoms with van der Waals surface area (Å²) in [7, 11) is 0. The molecule has 1 amide bonds. The van der Waals surface area contributed by atoms with Gasteiger partial charge in [-0.2, -0.15) is 0 Å². The molecule has 0 aliphatic heterocycles. The van der Waals surface area contributed by atoms with Gasteiger partial charge in [0.05, 0.1) is 0 Å². The van der Waals surface area contributed by atoms with Gasteiger partial charge >= 0.3 is 0 Å². The molecule has 4 heteroatoms. The van der Waals surface area contributed by atoms with Crippen LogP contribution in [-0.4, -0.2) is 17.1 Å². The van der Waals surface area contributed by atoms with Crippen molar-refractivity contribution < 1.29 is 9.32 Å². The molecule has 2 aliphatic carbocycles. The van der Waals surface area contributed by atoms with Crippen molar-refractivity contribution in [3.63, 3.8) is 0 Å². The van der Waals surface area contributed by atoms with Crippen molar-refractivity contribution in [1.29, 1.82) is 0 Å². The second kappa shape index (κ2) is 3.61. The largest absolute Gasteiger partial charge is 0.360 e. The number of carbonyl (C=O) groups excluding carboxylic acids is 1. The molecule has 2 fully saturated rings. The highest BCUT2D eigenvalue weighted by Gasteiger charge is 2.31. The highest BCUT2D eigenvalue weighted by Crippen LogP contribution is 2.40. The second-order valence-electron chi connectivity index (χ2n) is 4.99. The van der Waals surface area contributed by atoms with Crippen molar-refractivity contribution in [2.75, 3.05) is 0 Å². The minimum absolute atomic E-state index is 0.102. The van der Waals surface area contributed by atoms with E-state index in [2.05, 4.69) is 17.4 Å². The molecule has 0 aromatic carbocycles. The van der Waals surface area contributed by atoms with Gasteiger partial charge in [-0.3, -0.25) is 4.79 Å². The molecule has 1 unspecified atom stereocenters. The van der Waals surface area contributed by atoms with Gasteiger partial charge < -0.3 is 9.84 Å².